The molecule has 1 atom stereocenters. The van der Waals surface area contributed by atoms with Gasteiger partial charge < -0.3 is 16.2 Å². The first kappa shape index (κ1) is 15.1. The Morgan fingerprint density at radius 2 is 1.70 bits per heavy atom. The van der Waals surface area contributed by atoms with Gasteiger partial charge in [-0.2, -0.15) is 0 Å². The number of ether oxygens (including phenoxy) is 1. The second-order valence-electron chi connectivity index (χ2n) is 5.55. The molecule has 3 rings (SSSR count). The van der Waals surface area contributed by atoms with Crippen LogP contribution >= 0.6 is 0 Å². The van der Waals surface area contributed by atoms with Crippen molar-refractivity contribution in [3.05, 3.63) is 65.7 Å². The van der Waals surface area contributed by atoms with Gasteiger partial charge in [-0.25, -0.2) is 4.99 Å². The fourth-order valence-electron chi connectivity index (χ4n) is 2.47. The van der Waals surface area contributed by atoms with Crippen molar-refractivity contribution in [1.82, 2.24) is 0 Å². The van der Waals surface area contributed by atoms with Gasteiger partial charge in [0.25, 0.3) is 0 Å². The smallest absolute Gasteiger partial charge is 0.217 e. The fraction of sp³-hybridized carbons (Fsp3) is 0.222. The number of nitrogens with two attached hydrogens (primary N) is 2. The van der Waals surface area contributed by atoms with Crippen molar-refractivity contribution in [3.63, 3.8) is 0 Å². The highest BCUT2D eigenvalue weighted by molar-refractivity contribution is 5.97. The van der Waals surface area contributed by atoms with Crippen LogP contribution in [0, 0.1) is 5.92 Å². The quantitative estimate of drug-likeness (QED) is 0.887. The number of hydrogen-bond donors (Lipinski definition) is 2. The Morgan fingerprint density at radius 1 is 0.957 bits per heavy atom. The van der Waals surface area contributed by atoms with Crippen LogP contribution in [0.15, 0.2) is 64.6 Å². The second-order valence-corrected chi connectivity index (χ2v) is 5.55. The van der Waals surface area contributed by atoms with E-state index in [1.807, 2.05) is 42.5 Å². The van der Waals surface area contributed by atoms with E-state index in [2.05, 4.69) is 22.1 Å². The summed E-state index contributed by atoms with van der Waals surface area (Å²) in [7, 11) is 0. The molecule has 0 spiro atoms. The Hall–Kier alpha value is -2.82. The molecule has 2 aromatic carbocycles. The average Bonchev–Trinajstić information content (AvgIpc) is 2.58. The Balaban J connectivity index is 1.56. The number of aliphatic imine (C=N–C) groups is 2. The standard InChI is InChI=1S/C18H20N4O/c19-17-15(11-21-18(20)22-17)10-13-6-8-16(9-7-13)23-12-14-4-2-1-3-5-14/h1-9,15H,10-12H2,(H4,19,20,21,22). The molecule has 0 aliphatic carbocycles. The highest BCUT2D eigenvalue weighted by Gasteiger charge is 2.17. The fourth-order valence-corrected chi connectivity index (χ4v) is 2.47. The number of amidine groups is 1. The molecule has 1 unspecified atom stereocenters. The van der Waals surface area contributed by atoms with Gasteiger partial charge in [-0.15, -0.1) is 0 Å². The molecule has 0 saturated carbocycles. The molecule has 23 heavy (non-hydrogen) atoms. The summed E-state index contributed by atoms with van der Waals surface area (Å²) in [5.41, 5.74) is 13.8. The molecular formula is C18H20N4O. The van der Waals surface area contributed by atoms with E-state index in [4.69, 9.17) is 16.2 Å². The molecule has 1 heterocycles. The van der Waals surface area contributed by atoms with Crippen LogP contribution < -0.4 is 16.2 Å². The summed E-state index contributed by atoms with van der Waals surface area (Å²) in [5.74, 6) is 1.79. The van der Waals surface area contributed by atoms with Crippen LogP contribution in [0.4, 0.5) is 0 Å². The number of rotatable bonds is 5. The molecule has 0 saturated heterocycles. The van der Waals surface area contributed by atoms with Crippen LogP contribution in [0.3, 0.4) is 0 Å². The van der Waals surface area contributed by atoms with Gasteiger partial charge in [0.2, 0.25) is 5.96 Å². The lowest BCUT2D eigenvalue weighted by Gasteiger charge is -2.18. The molecule has 0 fully saturated rings. The lowest BCUT2D eigenvalue weighted by atomic mass is 9.98. The Labute approximate surface area is 135 Å². The van der Waals surface area contributed by atoms with Gasteiger partial charge in [0.1, 0.15) is 18.2 Å². The molecule has 1 aliphatic heterocycles. The van der Waals surface area contributed by atoms with E-state index in [9.17, 15) is 0 Å². The van der Waals surface area contributed by atoms with Crippen LogP contribution in [-0.2, 0) is 13.0 Å². The minimum Gasteiger partial charge on any atom is -0.489 e. The summed E-state index contributed by atoms with van der Waals surface area (Å²) >= 11 is 0. The first-order valence-corrected chi connectivity index (χ1v) is 7.60. The Kier molecular flexibility index (Phi) is 4.57. The predicted octanol–water partition coefficient (Wildman–Crippen LogP) is 2.11. The van der Waals surface area contributed by atoms with Crippen molar-refractivity contribution in [2.75, 3.05) is 6.54 Å². The summed E-state index contributed by atoms with van der Waals surface area (Å²) in [6.07, 6.45) is 0.797. The summed E-state index contributed by atoms with van der Waals surface area (Å²) in [6, 6.07) is 18.2. The molecule has 5 nitrogen and oxygen atoms in total. The van der Waals surface area contributed by atoms with Crippen LogP contribution in [0.5, 0.6) is 5.75 Å². The van der Waals surface area contributed by atoms with E-state index < -0.39 is 0 Å². The van der Waals surface area contributed by atoms with Crippen molar-refractivity contribution in [2.24, 2.45) is 27.4 Å². The van der Waals surface area contributed by atoms with Gasteiger partial charge in [0, 0.05) is 5.92 Å². The molecular weight excluding hydrogens is 288 g/mol. The van der Waals surface area contributed by atoms with Gasteiger partial charge >= 0.3 is 0 Å². The first-order chi connectivity index (χ1) is 11.2. The van der Waals surface area contributed by atoms with Crippen molar-refractivity contribution in [2.45, 2.75) is 13.0 Å². The van der Waals surface area contributed by atoms with Crippen molar-refractivity contribution in [3.8, 4) is 5.75 Å². The van der Waals surface area contributed by atoms with Gasteiger partial charge in [-0.05, 0) is 29.7 Å². The maximum atomic E-state index is 5.92. The molecule has 0 aromatic heterocycles. The van der Waals surface area contributed by atoms with E-state index in [0.717, 1.165) is 17.7 Å². The van der Waals surface area contributed by atoms with E-state index in [-0.39, 0.29) is 11.9 Å². The summed E-state index contributed by atoms with van der Waals surface area (Å²) in [6.45, 7) is 1.16. The highest BCUT2D eigenvalue weighted by atomic mass is 16.5. The topological polar surface area (TPSA) is 86.0 Å². The largest absolute Gasteiger partial charge is 0.489 e. The van der Waals surface area contributed by atoms with Gasteiger partial charge in [-0.1, -0.05) is 42.5 Å². The zero-order valence-electron chi connectivity index (χ0n) is 12.9. The minimum atomic E-state index is 0.110. The minimum absolute atomic E-state index is 0.110. The number of guanidine groups is 1. The maximum absolute atomic E-state index is 5.92. The number of hydrogen-bond acceptors (Lipinski definition) is 5. The maximum Gasteiger partial charge on any atom is 0.217 e. The zero-order chi connectivity index (χ0) is 16.1. The van der Waals surface area contributed by atoms with E-state index >= 15 is 0 Å². The molecule has 118 valence electrons. The molecule has 5 heteroatoms. The normalized spacial score (nSPS) is 17.3. The van der Waals surface area contributed by atoms with Crippen LogP contribution in [0.2, 0.25) is 0 Å². The van der Waals surface area contributed by atoms with Crippen LogP contribution in [0.1, 0.15) is 11.1 Å². The summed E-state index contributed by atoms with van der Waals surface area (Å²) in [4.78, 5) is 8.18. The van der Waals surface area contributed by atoms with Crippen LogP contribution in [-0.4, -0.2) is 18.3 Å². The van der Waals surface area contributed by atoms with Crippen molar-refractivity contribution >= 4 is 11.8 Å². The van der Waals surface area contributed by atoms with Gasteiger partial charge in [0.15, 0.2) is 0 Å². The monoisotopic (exact) mass is 308 g/mol. The molecule has 0 amide bonds. The average molecular weight is 308 g/mol. The second kappa shape index (κ2) is 6.96. The highest BCUT2D eigenvalue weighted by Crippen LogP contribution is 2.18. The molecule has 4 N–H and O–H groups in total. The number of benzene rings is 2. The van der Waals surface area contributed by atoms with Crippen molar-refractivity contribution < 1.29 is 4.74 Å². The van der Waals surface area contributed by atoms with E-state index in [0.29, 0.717) is 19.0 Å². The SMILES string of the molecule is NC1=NCC(Cc2ccc(OCc3ccccc3)cc2)C(N)=N1. The Bertz CT molecular complexity index is 708. The Morgan fingerprint density at radius 3 is 2.39 bits per heavy atom. The first-order valence-electron chi connectivity index (χ1n) is 7.60. The lowest BCUT2D eigenvalue weighted by Crippen LogP contribution is -2.34. The summed E-state index contributed by atoms with van der Waals surface area (Å²) in [5, 5.41) is 0. The molecule has 2 aromatic rings. The third kappa shape index (κ3) is 4.10. The van der Waals surface area contributed by atoms with Crippen LogP contribution in [0.25, 0.3) is 0 Å². The lowest BCUT2D eigenvalue weighted by molar-refractivity contribution is 0.306. The molecule has 0 bridgehead atoms. The third-order valence-corrected chi connectivity index (χ3v) is 3.79. The summed E-state index contributed by atoms with van der Waals surface area (Å²) < 4.78 is 5.79. The van der Waals surface area contributed by atoms with E-state index in [1.54, 1.807) is 0 Å². The van der Waals surface area contributed by atoms with Gasteiger partial charge in [0.05, 0.1) is 6.54 Å². The number of nitrogens with zero attached hydrogens (tertiary/aromatic N) is 2. The predicted molar refractivity (Wildman–Crippen MR) is 92.5 cm³/mol. The third-order valence-electron chi connectivity index (χ3n) is 3.79. The molecule has 0 radical (unpaired) electrons. The van der Waals surface area contributed by atoms with E-state index in [1.165, 1.54) is 5.56 Å². The molecule has 1 aliphatic rings. The van der Waals surface area contributed by atoms with Crippen molar-refractivity contribution in [1.29, 1.82) is 0 Å². The van der Waals surface area contributed by atoms with Gasteiger partial charge in [-0.3, -0.25) is 4.99 Å². The zero-order valence-corrected chi connectivity index (χ0v) is 12.9.